The van der Waals surface area contributed by atoms with Gasteiger partial charge in [-0.3, -0.25) is 4.79 Å². The van der Waals surface area contributed by atoms with Crippen molar-refractivity contribution in [1.82, 2.24) is 9.69 Å². The van der Waals surface area contributed by atoms with Gasteiger partial charge in [-0.2, -0.15) is 5.01 Å². The molecule has 0 aliphatic heterocycles. The third-order valence-electron chi connectivity index (χ3n) is 1.72. The van der Waals surface area contributed by atoms with Gasteiger partial charge in [-0.15, -0.1) is 0 Å². The van der Waals surface area contributed by atoms with Crippen molar-refractivity contribution in [2.75, 3.05) is 12.1 Å². The molecular weight excluding hydrogens is 216 g/mol. The van der Waals surface area contributed by atoms with Crippen molar-refractivity contribution in [3.05, 3.63) is 24.0 Å². The van der Waals surface area contributed by atoms with Crippen LogP contribution in [0.4, 0.5) is 4.79 Å². The van der Waals surface area contributed by atoms with Crippen molar-refractivity contribution in [1.29, 1.82) is 0 Å². The van der Waals surface area contributed by atoms with E-state index in [1.54, 1.807) is 0 Å². The Morgan fingerprint density at radius 3 is 2.81 bits per heavy atom. The first-order chi connectivity index (χ1) is 7.56. The quantitative estimate of drug-likeness (QED) is 0.450. The summed E-state index contributed by atoms with van der Waals surface area (Å²) in [4.78, 5) is 31.8. The maximum absolute atomic E-state index is 10.9. The van der Waals surface area contributed by atoms with Crippen LogP contribution in [0.1, 0.15) is 10.5 Å². The summed E-state index contributed by atoms with van der Waals surface area (Å²) >= 11 is 0. The smallest absolute Gasteiger partial charge is 0.427 e. The van der Waals surface area contributed by atoms with E-state index in [-0.39, 0.29) is 12.2 Å². The molecule has 0 atom stereocenters. The standard InChI is InChI=1S/C8H10N4O4/c9-7(14)6-2-1-3-11(6)10-12(4-5-13)8(15)16/h1-3,5,10H,4H2,(H2,9,14)(H,15,16). The number of nitrogens with two attached hydrogens (primary N) is 1. The number of aldehydes is 1. The van der Waals surface area contributed by atoms with Crippen LogP contribution < -0.4 is 11.3 Å². The number of carbonyl (C=O) groups is 3. The van der Waals surface area contributed by atoms with Crippen molar-refractivity contribution < 1.29 is 19.5 Å². The van der Waals surface area contributed by atoms with Crippen LogP contribution in [0.5, 0.6) is 0 Å². The Kier molecular flexibility index (Phi) is 3.49. The van der Waals surface area contributed by atoms with Crippen molar-refractivity contribution >= 4 is 18.3 Å². The highest BCUT2D eigenvalue weighted by molar-refractivity contribution is 5.91. The van der Waals surface area contributed by atoms with Crippen molar-refractivity contribution in [3.63, 3.8) is 0 Å². The van der Waals surface area contributed by atoms with Gasteiger partial charge in [0.2, 0.25) is 0 Å². The third-order valence-corrected chi connectivity index (χ3v) is 1.72. The molecule has 0 aromatic carbocycles. The van der Waals surface area contributed by atoms with E-state index < -0.39 is 12.0 Å². The maximum atomic E-state index is 10.9. The van der Waals surface area contributed by atoms with Crippen LogP contribution in [-0.2, 0) is 4.79 Å². The van der Waals surface area contributed by atoms with Gasteiger partial charge in [-0.25, -0.2) is 15.0 Å². The Morgan fingerprint density at radius 1 is 1.62 bits per heavy atom. The average molecular weight is 226 g/mol. The highest BCUT2D eigenvalue weighted by atomic mass is 16.4. The van der Waals surface area contributed by atoms with Gasteiger partial charge in [0.1, 0.15) is 18.5 Å². The van der Waals surface area contributed by atoms with Gasteiger partial charge in [-0.1, -0.05) is 0 Å². The van der Waals surface area contributed by atoms with Crippen LogP contribution in [0.2, 0.25) is 0 Å². The summed E-state index contributed by atoms with van der Waals surface area (Å²) < 4.78 is 1.11. The fraction of sp³-hybridized carbons (Fsp3) is 0.125. The number of hydrogen-bond donors (Lipinski definition) is 3. The van der Waals surface area contributed by atoms with E-state index in [9.17, 15) is 14.4 Å². The monoisotopic (exact) mass is 226 g/mol. The number of nitrogens with zero attached hydrogens (tertiary/aromatic N) is 2. The van der Waals surface area contributed by atoms with Gasteiger partial charge >= 0.3 is 6.09 Å². The summed E-state index contributed by atoms with van der Waals surface area (Å²) in [7, 11) is 0. The third kappa shape index (κ3) is 2.50. The van der Waals surface area contributed by atoms with Crippen molar-refractivity contribution in [2.45, 2.75) is 0 Å². The molecule has 8 nitrogen and oxygen atoms in total. The van der Waals surface area contributed by atoms with Crippen molar-refractivity contribution in [3.8, 4) is 0 Å². The highest BCUT2D eigenvalue weighted by Crippen LogP contribution is 1.99. The van der Waals surface area contributed by atoms with Crippen LogP contribution >= 0.6 is 0 Å². The molecule has 0 bridgehead atoms. The summed E-state index contributed by atoms with van der Waals surface area (Å²) in [5.41, 5.74) is 7.46. The van der Waals surface area contributed by atoms with E-state index >= 15 is 0 Å². The molecule has 0 aliphatic carbocycles. The number of carbonyl (C=O) groups excluding carboxylic acids is 2. The molecule has 4 N–H and O–H groups in total. The average Bonchev–Trinajstić information content (AvgIpc) is 2.65. The SMILES string of the molecule is NC(=O)c1cccn1NN(CC=O)C(=O)O. The minimum Gasteiger partial charge on any atom is -0.464 e. The maximum Gasteiger partial charge on any atom is 0.427 e. The number of rotatable bonds is 5. The second kappa shape index (κ2) is 4.82. The zero-order chi connectivity index (χ0) is 12.1. The Labute approximate surface area is 90.2 Å². The van der Waals surface area contributed by atoms with Crippen LogP contribution in [0, 0.1) is 0 Å². The number of carboxylic acid groups (broad SMARTS) is 1. The molecule has 0 unspecified atom stereocenters. The first-order valence-electron chi connectivity index (χ1n) is 4.24. The lowest BCUT2D eigenvalue weighted by atomic mass is 10.4. The molecule has 2 amide bonds. The lowest BCUT2D eigenvalue weighted by molar-refractivity contribution is -0.108. The largest absolute Gasteiger partial charge is 0.464 e. The highest BCUT2D eigenvalue weighted by Gasteiger charge is 2.13. The van der Waals surface area contributed by atoms with E-state index in [1.807, 2.05) is 0 Å². The minimum absolute atomic E-state index is 0.0807. The van der Waals surface area contributed by atoms with Crippen molar-refractivity contribution in [2.24, 2.45) is 5.73 Å². The van der Waals surface area contributed by atoms with E-state index in [0.717, 1.165) is 4.68 Å². The number of hydrogen-bond acceptors (Lipinski definition) is 4. The fourth-order valence-electron chi connectivity index (χ4n) is 1.04. The summed E-state index contributed by atoms with van der Waals surface area (Å²) in [5.74, 6) is -0.714. The van der Waals surface area contributed by atoms with Gasteiger partial charge in [0, 0.05) is 6.20 Å². The van der Waals surface area contributed by atoms with Crippen LogP contribution in [0.3, 0.4) is 0 Å². The second-order valence-corrected chi connectivity index (χ2v) is 2.79. The van der Waals surface area contributed by atoms with Crippen LogP contribution in [-0.4, -0.2) is 39.6 Å². The predicted octanol–water partition coefficient (Wildman–Crippen LogP) is -0.776. The first-order valence-corrected chi connectivity index (χ1v) is 4.24. The van der Waals surface area contributed by atoms with E-state index in [2.05, 4.69) is 5.53 Å². The van der Waals surface area contributed by atoms with Gasteiger partial charge in [0.05, 0.1) is 0 Å². The minimum atomic E-state index is -1.35. The molecule has 1 aromatic heterocycles. The molecule has 1 rings (SSSR count). The zero-order valence-electron chi connectivity index (χ0n) is 8.16. The number of aromatic nitrogens is 1. The molecule has 0 radical (unpaired) electrons. The topological polar surface area (TPSA) is 118 Å². The lowest BCUT2D eigenvalue weighted by Gasteiger charge is -2.20. The van der Waals surface area contributed by atoms with E-state index in [1.165, 1.54) is 18.3 Å². The molecule has 86 valence electrons. The molecule has 0 saturated carbocycles. The van der Waals surface area contributed by atoms with E-state index in [4.69, 9.17) is 10.8 Å². The Hall–Kier alpha value is -2.51. The summed E-state index contributed by atoms with van der Waals surface area (Å²) in [6.45, 7) is -0.369. The Morgan fingerprint density at radius 2 is 2.31 bits per heavy atom. The summed E-state index contributed by atoms with van der Waals surface area (Å²) in [6, 6.07) is 2.92. The number of hydrazine groups is 1. The number of amides is 2. The fourth-order valence-corrected chi connectivity index (χ4v) is 1.04. The Balaban J connectivity index is 2.84. The molecule has 0 saturated heterocycles. The molecule has 1 aromatic rings. The zero-order valence-corrected chi connectivity index (χ0v) is 8.16. The van der Waals surface area contributed by atoms with Crippen LogP contribution in [0.25, 0.3) is 0 Å². The molecule has 16 heavy (non-hydrogen) atoms. The lowest BCUT2D eigenvalue weighted by Crippen LogP contribution is -2.42. The molecular formula is C8H10N4O4. The second-order valence-electron chi connectivity index (χ2n) is 2.79. The summed E-state index contributed by atoms with van der Waals surface area (Å²) in [5, 5.41) is 9.32. The van der Waals surface area contributed by atoms with Gasteiger partial charge in [0.25, 0.3) is 5.91 Å². The van der Waals surface area contributed by atoms with Gasteiger partial charge < -0.3 is 15.6 Å². The van der Waals surface area contributed by atoms with Gasteiger partial charge in [0.15, 0.2) is 0 Å². The normalized spacial score (nSPS) is 9.50. The Bertz CT molecular complexity index is 414. The first kappa shape index (κ1) is 11.6. The predicted molar refractivity (Wildman–Crippen MR) is 53.1 cm³/mol. The molecule has 1 heterocycles. The molecule has 0 fully saturated rings. The molecule has 0 aliphatic rings. The van der Waals surface area contributed by atoms with Gasteiger partial charge in [-0.05, 0) is 12.1 Å². The van der Waals surface area contributed by atoms with Crippen LogP contribution in [0.15, 0.2) is 18.3 Å². The van der Waals surface area contributed by atoms with E-state index in [0.29, 0.717) is 11.3 Å². The molecule has 0 spiro atoms. The molecule has 8 heteroatoms. The number of nitrogens with one attached hydrogen (secondary N) is 1. The number of primary amides is 1. The summed E-state index contributed by atoms with van der Waals surface area (Å²) in [6.07, 6.45) is 0.464.